The van der Waals surface area contributed by atoms with Gasteiger partial charge in [-0.2, -0.15) is 0 Å². The van der Waals surface area contributed by atoms with E-state index in [1.807, 2.05) is 0 Å². The molecule has 3 rings (SSSR count). The summed E-state index contributed by atoms with van der Waals surface area (Å²) in [6.45, 7) is 9.07. The molecule has 1 N–H and O–H groups in total. The number of para-hydroxylation sites is 2. The van der Waals surface area contributed by atoms with E-state index < -0.39 is 0 Å². The molecule has 128 valence electrons. The van der Waals surface area contributed by atoms with E-state index in [1.54, 1.807) is 0 Å². The quantitative estimate of drug-likeness (QED) is 0.870. The van der Waals surface area contributed by atoms with Gasteiger partial charge in [0.1, 0.15) is 0 Å². The molecule has 2 aromatic rings. The van der Waals surface area contributed by atoms with Crippen LogP contribution in [0.2, 0.25) is 0 Å². The van der Waals surface area contributed by atoms with Gasteiger partial charge in [0, 0.05) is 43.1 Å². The third kappa shape index (κ3) is 4.59. The lowest BCUT2D eigenvalue weighted by Gasteiger charge is -2.36. The van der Waals surface area contributed by atoms with Crippen molar-refractivity contribution in [2.45, 2.75) is 32.4 Å². The Morgan fingerprint density at radius 3 is 1.88 bits per heavy atom. The highest BCUT2D eigenvalue weighted by atomic mass is 15.2. The van der Waals surface area contributed by atoms with Crippen molar-refractivity contribution in [2.24, 2.45) is 0 Å². The lowest BCUT2D eigenvalue weighted by Crippen LogP contribution is -2.54. The Bertz CT molecular complexity index is 549. The zero-order chi connectivity index (χ0) is 16.8. The summed E-state index contributed by atoms with van der Waals surface area (Å²) in [7, 11) is 0. The van der Waals surface area contributed by atoms with Crippen molar-refractivity contribution in [3.63, 3.8) is 0 Å². The standard InChI is InChI=1S/C21H29N3/c1-18-16-23(17-19(2)22-18)14-9-15-24(20-10-5-3-6-11-20)21-12-7-4-8-13-21/h3-8,10-13,18-19,22H,9,14-17H2,1-2H3. The fraction of sp³-hybridized carbons (Fsp3) is 0.429. The molecule has 1 saturated heterocycles. The van der Waals surface area contributed by atoms with Crippen LogP contribution in [0.4, 0.5) is 11.4 Å². The molecule has 0 spiro atoms. The summed E-state index contributed by atoms with van der Waals surface area (Å²) in [6.07, 6.45) is 1.17. The zero-order valence-electron chi connectivity index (χ0n) is 14.9. The normalized spacial score (nSPS) is 21.6. The van der Waals surface area contributed by atoms with E-state index in [0.717, 1.165) is 26.2 Å². The smallest absolute Gasteiger partial charge is 0.0410 e. The van der Waals surface area contributed by atoms with Crippen molar-refractivity contribution in [2.75, 3.05) is 31.1 Å². The van der Waals surface area contributed by atoms with E-state index >= 15 is 0 Å². The first-order valence-corrected chi connectivity index (χ1v) is 9.08. The summed E-state index contributed by atoms with van der Waals surface area (Å²) in [6, 6.07) is 22.6. The van der Waals surface area contributed by atoms with Crippen LogP contribution in [0.15, 0.2) is 60.7 Å². The highest BCUT2D eigenvalue weighted by molar-refractivity contribution is 5.62. The summed E-state index contributed by atoms with van der Waals surface area (Å²) in [4.78, 5) is 5.02. The van der Waals surface area contributed by atoms with Gasteiger partial charge in [-0.25, -0.2) is 0 Å². The molecule has 0 radical (unpaired) electrons. The molecule has 0 aliphatic carbocycles. The summed E-state index contributed by atoms with van der Waals surface area (Å²) in [5, 5.41) is 3.61. The number of anilines is 2. The van der Waals surface area contributed by atoms with Crippen LogP contribution >= 0.6 is 0 Å². The Balaban J connectivity index is 1.63. The lowest BCUT2D eigenvalue weighted by atomic mass is 10.1. The van der Waals surface area contributed by atoms with Crippen molar-refractivity contribution in [3.05, 3.63) is 60.7 Å². The molecule has 1 aliphatic heterocycles. The number of nitrogens with one attached hydrogen (secondary N) is 1. The van der Waals surface area contributed by atoms with E-state index in [1.165, 1.54) is 17.8 Å². The van der Waals surface area contributed by atoms with Crippen LogP contribution in [0, 0.1) is 0 Å². The molecule has 2 atom stereocenters. The monoisotopic (exact) mass is 323 g/mol. The van der Waals surface area contributed by atoms with Crippen molar-refractivity contribution in [3.8, 4) is 0 Å². The van der Waals surface area contributed by atoms with Crippen molar-refractivity contribution in [1.82, 2.24) is 10.2 Å². The predicted molar refractivity (Wildman–Crippen MR) is 103 cm³/mol. The molecule has 1 aliphatic rings. The van der Waals surface area contributed by atoms with Gasteiger partial charge < -0.3 is 15.1 Å². The van der Waals surface area contributed by atoms with E-state index in [-0.39, 0.29) is 0 Å². The first-order chi connectivity index (χ1) is 11.7. The molecule has 1 fully saturated rings. The van der Waals surface area contributed by atoms with E-state index in [0.29, 0.717) is 12.1 Å². The van der Waals surface area contributed by atoms with Crippen LogP contribution < -0.4 is 10.2 Å². The van der Waals surface area contributed by atoms with Gasteiger partial charge >= 0.3 is 0 Å². The van der Waals surface area contributed by atoms with Crippen LogP contribution in [0.1, 0.15) is 20.3 Å². The summed E-state index contributed by atoms with van der Waals surface area (Å²) >= 11 is 0. The van der Waals surface area contributed by atoms with Gasteiger partial charge in [0.05, 0.1) is 0 Å². The van der Waals surface area contributed by atoms with Crippen molar-refractivity contribution in [1.29, 1.82) is 0 Å². The van der Waals surface area contributed by atoms with Gasteiger partial charge in [-0.05, 0) is 51.1 Å². The maximum atomic E-state index is 3.61. The van der Waals surface area contributed by atoms with Gasteiger partial charge in [0.15, 0.2) is 0 Å². The highest BCUT2D eigenvalue weighted by Crippen LogP contribution is 2.25. The molecule has 0 saturated carbocycles. The van der Waals surface area contributed by atoms with E-state index in [2.05, 4.69) is 89.6 Å². The lowest BCUT2D eigenvalue weighted by molar-refractivity contribution is 0.173. The first kappa shape index (κ1) is 17.0. The zero-order valence-corrected chi connectivity index (χ0v) is 14.9. The molecule has 3 nitrogen and oxygen atoms in total. The summed E-state index contributed by atoms with van der Waals surface area (Å²) in [5.41, 5.74) is 2.54. The Morgan fingerprint density at radius 1 is 0.875 bits per heavy atom. The predicted octanol–water partition coefficient (Wildman–Crippen LogP) is 3.90. The topological polar surface area (TPSA) is 18.5 Å². The highest BCUT2D eigenvalue weighted by Gasteiger charge is 2.20. The number of rotatable bonds is 6. The second kappa shape index (κ2) is 8.32. The minimum Gasteiger partial charge on any atom is -0.341 e. The second-order valence-electron chi connectivity index (χ2n) is 6.90. The molecule has 1 heterocycles. The molecule has 2 unspecified atom stereocenters. The Kier molecular flexibility index (Phi) is 5.89. The largest absolute Gasteiger partial charge is 0.341 e. The van der Waals surface area contributed by atoms with Crippen LogP contribution in [-0.2, 0) is 0 Å². The molecular weight excluding hydrogens is 294 g/mol. The van der Waals surface area contributed by atoms with Gasteiger partial charge in [-0.3, -0.25) is 0 Å². The minimum atomic E-state index is 0.591. The Hall–Kier alpha value is -1.84. The number of hydrogen-bond donors (Lipinski definition) is 1. The Morgan fingerprint density at radius 2 is 1.38 bits per heavy atom. The van der Waals surface area contributed by atoms with Crippen LogP contribution in [0.25, 0.3) is 0 Å². The van der Waals surface area contributed by atoms with Crippen LogP contribution in [0.5, 0.6) is 0 Å². The second-order valence-corrected chi connectivity index (χ2v) is 6.90. The maximum Gasteiger partial charge on any atom is 0.0410 e. The molecule has 0 aromatic heterocycles. The minimum absolute atomic E-state index is 0.591. The average molecular weight is 323 g/mol. The third-order valence-corrected chi connectivity index (χ3v) is 4.62. The first-order valence-electron chi connectivity index (χ1n) is 9.08. The fourth-order valence-corrected chi connectivity index (χ4v) is 3.70. The fourth-order valence-electron chi connectivity index (χ4n) is 3.70. The molecule has 2 aromatic carbocycles. The average Bonchev–Trinajstić information content (AvgIpc) is 2.59. The van der Waals surface area contributed by atoms with Gasteiger partial charge in [-0.15, -0.1) is 0 Å². The number of nitrogens with zero attached hydrogens (tertiary/aromatic N) is 2. The van der Waals surface area contributed by atoms with Gasteiger partial charge in [-0.1, -0.05) is 36.4 Å². The van der Waals surface area contributed by atoms with Crippen LogP contribution in [-0.4, -0.2) is 43.2 Å². The van der Waals surface area contributed by atoms with Gasteiger partial charge in [0.25, 0.3) is 0 Å². The van der Waals surface area contributed by atoms with E-state index in [9.17, 15) is 0 Å². The molecule has 0 bridgehead atoms. The van der Waals surface area contributed by atoms with Crippen molar-refractivity contribution < 1.29 is 0 Å². The molecule has 24 heavy (non-hydrogen) atoms. The summed E-state index contributed by atoms with van der Waals surface area (Å²) < 4.78 is 0. The van der Waals surface area contributed by atoms with Crippen LogP contribution in [0.3, 0.4) is 0 Å². The third-order valence-electron chi connectivity index (χ3n) is 4.62. The molecule has 3 heteroatoms. The summed E-state index contributed by atoms with van der Waals surface area (Å²) in [5.74, 6) is 0. The number of benzene rings is 2. The number of hydrogen-bond acceptors (Lipinski definition) is 3. The Labute approximate surface area is 146 Å². The van der Waals surface area contributed by atoms with E-state index in [4.69, 9.17) is 0 Å². The van der Waals surface area contributed by atoms with Crippen molar-refractivity contribution >= 4 is 11.4 Å². The number of piperazine rings is 1. The maximum absolute atomic E-state index is 3.61. The molecular formula is C21H29N3. The SMILES string of the molecule is CC1CN(CCCN(c2ccccc2)c2ccccc2)CC(C)N1. The van der Waals surface area contributed by atoms with Gasteiger partial charge in [0.2, 0.25) is 0 Å². The molecule has 0 amide bonds.